The zero-order chi connectivity index (χ0) is 22.0. The van der Waals surface area contributed by atoms with Crippen LogP contribution < -0.4 is 10.7 Å². The molecule has 0 spiro atoms. The van der Waals surface area contributed by atoms with E-state index in [1.54, 1.807) is 0 Å². The maximum atomic E-state index is 12.5. The standard InChI is InChI=1S/C28H33NO2/c1-5-15-29-18(4)20-9-11-22-21(10-8-19(6-2)7-3)23-12-13-24-26(30)14-16-31-28(24)27(23)25(22)17-20/h5,9,11-19,21,29H,6-8,10H2,1-4H3/b15-5-. The summed E-state index contributed by atoms with van der Waals surface area (Å²) in [6.45, 7) is 8.76. The predicted molar refractivity (Wildman–Crippen MR) is 129 cm³/mol. The molecular formula is C28H33NO2. The van der Waals surface area contributed by atoms with Gasteiger partial charge in [0.05, 0.1) is 11.6 Å². The maximum absolute atomic E-state index is 12.5. The van der Waals surface area contributed by atoms with Crippen molar-refractivity contribution in [2.45, 2.75) is 65.3 Å². The molecule has 0 saturated carbocycles. The van der Waals surface area contributed by atoms with E-state index in [1.165, 1.54) is 53.8 Å². The molecule has 2 aromatic carbocycles. The minimum atomic E-state index is 0.0188. The van der Waals surface area contributed by atoms with E-state index in [0.29, 0.717) is 11.3 Å². The Morgan fingerprint density at radius 1 is 1.10 bits per heavy atom. The highest BCUT2D eigenvalue weighted by molar-refractivity contribution is 5.98. The largest absolute Gasteiger partial charge is 0.463 e. The molecule has 0 radical (unpaired) electrons. The Kier molecular flexibility index (Phi) is 6.31. The third-order valence-corrected chi connectivity index (χ3v) is 6.99. The summed E-state index contributed by atoms with van der Waals surface area (Å²) in [6.07, 6.45) is 10.3. The van der Waals surface area contributed by atoms with Gasteiger partial charge in [-0.15, -0.1) is 0 Å². The van der Waals surface area contributed by atoms with Gasteiger partial charge in [-0.3, -0.25) is 4.79 Å². The number of rotatable bonds is 8. The monoisotopic (exact) mass is 415 g/mol. The Balaban J connectivity index is 1.85. The summed E-state index contributed by atoms with van der Waals surface area (Å²) < 4.78 is 5.95. The highest BCUT2D eigenvalue weighted by atomic mass is 16.3. The molecule has 2 unspecified atom stereocenters. The SMILES string of the molecule is C/C=C\NC(C)c1ccc2c(c1)-c1c(ccc3c(=O)ccoc13)C2CCC(CC)CC. The van der Waals surface area contributed by atoms with Gasteiger partial charge >= 0.3 is 0 Å². The van der Waals surface area contributed by atoms with Crippen LogP contribution >= 0.6 is 0 Å². The average molecular weight is 416 g/mol. The summed E-state index contributed by atoms with van der Waals surface area (Å²) in [6, 6.07) is 12.7. The molecule has 0 fully saturated rings. The molecule has 162 valence electrons. The quantitative estimate of drug-likeness (QED) is 0.419. The molecule has 31 heavy (non-hydrogen) atoms. The van der Waals surface area contributed by atoms with Crippen LogP contribution in [-0.2, 0) is 0 Å². The molecule has 3 nitrogen and oxygen atoms in total. The minimum absolute atomic E-state index is 0.0188. The number of nitrogens with one attached hydrogen (secondary N) is 1. The Labute approximate surface area is 185 Å². The molecule has 3 heteroatoms. The van der Waals surface area contributed by atoms with E-state index in [1.807, 2.05) is 25.3 Å². The van der Waals surface area contributed by atoms with Crippen LogP contribution in [0.25, 0.3) is 22.1 Å². The van der Waals surface area contributed by atoms with Crippen LogP contribution in [0.1, 0.15) is 82.0 Å². The van der Waals surface area contributed by atoms with Crippen LogP contribution in [0.4, 0.5) is 0 Å². The fourth-order valence-corrected chi connectivity index (χ4v) is 5.01. The van der Waals surface area contributed by atoms with Crippen LogP contribution in [0.3, 0.4) is 0 Å². The molecule has 3 aromatic rings. The highest BCUT2D eigenvalue weighted by Gasteiger charge is 2.32. The highest BCUT2D eigenvalue weighted by Crippen LogP contribution is 2.50. The summed E-state index contributed by atoms with van der Waals surface area (Å²) in [5.41, 5.74) is 6.97. The van der Waals surface area contributed by atoms with E-state index >= 15 is 0 Å². The van der Waals surface area contributed by atoms with Crippen molar-refractivity contribution in [1.29, 1.82) is 0 Å². The molecule has 1 aromatic heterocycles. The van der Waals surface area contributed by atoms with Crippen molar-refractivity contribution < 1.29 is 4.42 Å². The first-order valence-corrected chi connectivity index (χ1v) is 11.6. The van der Waals surface area contributed by atoms with Gasteiger partial charge in [0.25, 0.3) is 0 Å². The van der Waals surface area contributed by atoms with Crippen molar-refractivity contribution in [3.05, 3.63) is 81.9 Å². The van der Waals surface area contributed by atoms with Gasteiger partial charge in [-0.05, 0) is 73.2 Å². The Bertz CT molecular complexity index is 1150. The predicted octanol–water partition coefficient (Wildman–Crippen LogP) is 7.31. The van der Waals surface area contributed by atoms with Gasteiger partial charge in [-0.1, -0.05) is 51.0 Å². The van der Waals surface area contributed by atoms with Crippen molar-refractivity contribution in [1.82, 2.24) is 5.32 Å². The molecular weight excluding hydrogens is 382 g/mol. The van der Waals surface area contributed by atoms with Gasteiger partial charge in [-0.25, -0.2) is 0 Å². The fourth-order valence-electron chi connectivity index (χ4n) is 5.01. The molecule has 1 heterocycles. The first-order valence-electron chi connectivity index (χ1n) is 11.6. The average Bonchev–Trinajstić information content (AvgIpc) is 3.11. The van der Waals surface area contributed by atoms with E-state index in [4.69, 9.17) is 4.42 Å². The normalized spacial score (nSPS) is 16.1. The van der Waals surface area contributed by atoms with Crippen LogP contribution in [-0.4, -0.2) is 0 Å². The molecule has 0 saturated heterocycles. The van der Waals surface area contributed by atoms with Crippen LogP contribution in [0.5, 0.6) is 0 Å². The summed E-state index contributed by atoms with van der Waals surface area (Å²) in [5, 5.41) is 4.09. The Morgan fingerprint density at radius 2 is 1.87 bits per heavy atom. The van der Waals surface area contributed by atoms with Crippen molar-refractivity contribution in [3.8, 4) is 11.1 Å². The second kappa shape index (κ2) is 9.13. The number of allylic oxidation sites excluding steroid dienone is 1. The zero-order valence-electron chi connectivity index (χ0n) is 19.1. The summed E-state index contributed by atoms with van der Waals surface area (Å²) in [5.74, 6) is 1.11. The molecule has 0 aliphatic heterocycles. The first kappa shape index (κ1) is 21.4. The lowest BCUT2D eigenvalue weighted by atomic mass is 9.86. The third-order valence-electron chi connectivity index (χ3n) is 6.99. The van der Waals surface area contributed by atoms with E-state index in [9.17, 15) is 4.79 Å². The smallest absolute Gasteiger partial charge is 0.192 e. The van der Waals surface area contributed by atoms with Gasteiger partial charge in [0.15, 0.2) is 5.43 Å². The molecule has 1 aliphatic carbocycles. The lowest BCUT2D eigenvalue weighted by Gasteiger charge is -2.19. The van der Waals surface area contributed by atoms with Gasteiger partial charge in [0.2, 0.25) is 0 Å². The van der Waals surface area contributed by atoms with Gasteiger partial charge in [0.1, 0.15) is 5.58 Å². The van der Waals surface area contributed by atoms with Crippen LogP contribution in [0.15, 0.2) is 64.1 Å². The molecule has 1 N–H and O–H groups in total. The number of fused-ring (bicyclic) bond motifs is 5. The van der Waals surface area contributed by atoms with Gasteiger partial charge in [-0.2, -0.15) is 0 Å². The van der Waals surface area contributed by atoms with E-state index in [2.05, 4.69) is 50.4 Å². The fraction of sp³-hybridized carbons (Fsp3) is 0.393. The molecule has 0 amide bonds. The second-order valence-electron chi connectivity index (χ2n) is 8.74. The van der Waals surface area contributed by atoms with Crippen molar-refractivity contribution in [3.63, 3.8) is 0 Å². The molecule has 0 bridgehead atoms. The third kappa shape index (κ3) is 3.94. The second-order valence-corrected chi connectivity index (χ2v) is 8.74. The Hall–Kier alpha value is -2.81. The van der Waals surface area contributed by atoms with E-state index < -0.39 is 0 Å². The van der Waals surface area contributed by atoms with Crippen molar-refractivity contribution in [2.24, 2.45) is 5.92 Å². The van der Waals surface area contributed by atoms with Crippen LogP contribution in [0, 0.1) is 5.92 Å². The van der Waals surface area contributed by atoms with Crippen molar-refractivity contribution in [2.75, 3.05) is 0 Å². The van der Waals surface area contributed by atoms with E-state index in [0.717, 1.165) is 23.5 Å². The zero-order valence-corrected chi connectivity index (χ0v) is 19.1. The first-order chi connectivity index (χ1) is 15.1. The van der Waals surface area contributed by atoms with Gasteiger partial charge in [0, 0.05) is 23.6 Å². The number of hydrogen-bond donors (Lipinski definition) is 1. The molecule has 2 atom stereocenters. The maximum Gasteiger partial charge on any atom is 0.192 e. The van der Waals surface area contributed by atoms with Crippen molar-refractivity contribution >= 4 is 11.0 Å². The summed E-state index contributed by atoms with van der Waals surface area (Å²) in [7, 11) is 0. The lowest BCUT2D eigenvalue weighted by molar-refractivity contribution is 0.430. The molecule has 4 rings (SSSR count). The van der Waals surface area contributed by atoms with Crippen LogP contribution in [0.2, 0.25) is 0 Å². The number of hydrogen-bond acceptors (Lipinski definition) is 3. The lowest BCUT2D eigenvalue weighted by Crippen LogP contribution is -2.11. The Morgan fingerprint density at radius 3 is 2.61 bits per heavy atom. The summed E-state index contributed by atoms with van der Waals surface area (Å²) in [4.78, 5) is 12.5. The number of benzene rings is 2. The summed E-state index contributed by atoms with van der Waals surface area (Å²) >= 11 is 0. The molecule has 1 aliphatic rings. The van der Waals surface area contributed by atoms with E-state index in [-0.39, 0.29) is 11.5 Å². The van der Waals surface area contributed by atoms with Gasteiger partial charge < -0.3 is 9.73 Å². The topological polar surface area (TPSA) is 42.2 Å². The minimum Gasteiger partial charge on any atom is -0.463 e.